The van der Waals surface area contributed by atoms with Crippen LogP contribution < -0.4 is 0 Å². The van der Waals surface area contributed by atoms with Gasteiger partial charge < -0.3 is 9.84 Å². The van der Waals surface area contributed by atoms with Gasteiger partial charge in [0.2, 0.25) is 0 Å². The van der Waals surface area contributed by atoms with E-state index in [0.29, 0.717) is 0 Å². The fourth-order valence-electron chi connectivity index (χ4n) is 1.49. The van der Waals surface area contributed by atoms with E-state index in [-0.39, 0.29) is 12.7 Å². The lowest BCUT2D eigenvalue weighted by atomic mass is 9.97. The van der Waals surface area contributed by atoms with Crippen LogP contribution in [-0.2, 0) is 4.74 Å². The highest BCUT2D eigenvalue weighted by atomic mass is 16.5. The number of hydrogen-bond acceptors (Lipinski definition) is 2. The maximum atomic E-state index is 8.81. The summed E-state index contributed by atoms with van der Waals surface area (Å²) in [6, 6.07) is 0. The molecule has 1 heterocycles. The fourth-order valence-corrected chi connectivity index (χ4v) is 1.49. The zero-order valence-electron chi connectivity index (χ0n) is 7.92. The first-order valence-corrected chi connectivity index (χ1v) is 4.62. The van der Waals surface area contributed by atoms with Crippen LogP contribution in [0.15, 0.2) is 11.6 Å². The largest absolute Gasteiger partial charge is 0.392 e. The van der Waals surface area contributed by atoms with Gasteiger partial charge in [-0.1, -0.05) is 13.0 Å². The molecule has 0 bridgehead atoms. The van der Waals surface area contributed by atoms with Crippen LogP contribution in [0.4, 0.5) is 0 Å². The van der Waals surface area contributed by atoms with Crippen LogP contribution in [0.25, 0.3) is 0 Å². The molecule has 1 aliphatic rings. The zero-order chi connectivity index (χ0) is 8.97. The van der Waals surface area contributed by atoms with Gasteiger partial charge in [0.05, 0.1) is 12.7 Å². The van der Waals surface area contributed by atoms with E-state index < -0.39 is 0 Å². The van der Waals surface area contributed by atoms with Gasteiger partial charge in [-0.25, -0.2) is 0 Å². The van der Waals surface area contributed by atoms with Gasteiger partial charge in [-0.3, -0.25) is 0 Å². The molecule has 1 saturated heterocycles. The molecule has 2 atom stereocenters. The van der Waals surface area contributed by atoms with Crippen LogP contribution in [0.1, 0.15) is 26.7 Å². The number of aliphatic hydroxyl groups is 1. The smallest absolute Gasteiger partial charge is 0.0761 e. The van der Waals surface area contributed by atoms with E-state index in [4.69, 9.17) is 9.84 Å². The predicted octanol–water partition coefficient (Wildman–Crippen LogP) is 1.74. The maximum Gasteiger partial charge on any atom is 0.0761 e. The SMILES string of the molecule is C/C(=C\[C@H]1C[C@H](C)CCO1)CO. The van der Waals surface area contributed by atoms with Crippen LogP contribution in [0.5, 0.6) is 0 Å². The Hall–Kier alpha value is -0.340. The molecular weight excluding hydrogens is 152 g/mol. The quantitative estimate of drug-likeness (QED) is 0.640. The molecule has 12 heavy (non-hydrogen) atoms. The molecule has 2 nitrogen and oxygen atoms in total. The molecule has 0 unspecified atom stereocenters. The van der Waals surface area contributed by atoms with Gasteiger partial charge in [0.1, 0.15) is 0 Å². The molecular formula is C10H18O2. The molecule has 0 aliphatic carbocycles. The second kappa shape index (κ2) is 4.63. The van der Waals surface area contributed by atoms with E-state index in [1.807, 2.05) is 13.0 Å². The highest BCUT2D eigenvalue weighted by Crippen LogP contribution is 2.20. The molecule has 0 aromatic rings. The normalized spacial score (nSPS) is 32.1. The van der Waals surface area contributed by atoms with E-state index in [1.54, 1.807) is 0 Å². The second-order valence-electron chi connectivity index (χ2n) is 3.71. The van der Waals surface area contributed by atoms with Gasteiger partial charge in [0.15, 0.2) is 0 Å². The Labute approximate surface area is 74.2 Å². The summed E-state index contributed by atoms with van der Waals surface area (Å²) in [5.74, 6) is 0.756. The molecule has 0 amide bonds. The fraction of sp³-hybridized carbons (Fsp3) is 0.800. The van der Waals surface area contributed by atoms with Crippen molar-refractivity contribution in [3.63, 3.8) is 0 Å². The van der Waals surface area contributed by atoms with Crippen LogP contribution in [-0.4, -0.2) is 24.4 Å². The number of rotatable bonds is 2. The molecule has 1 fully saturated rings. The topological polar surface area (TPSA) is 29.5 Å². The average Bonchev–Trinajstić information content (AvgIpc) is 2.04. The highest BCUT2D eigenvalue weighted by molar-refractivity contribution is 5.02. The van der Waals surface area contributed by atoms with Gasteiger partial charge in [-0.2, -0.15) is 0 Å². The summed E-state index contributed by atoms with van der Waals surface area (Å²) in [5, 5.41) is 8.81. The Morgan fingerprint density at radius 1 is 1.67 bits per heavy atom. The Morgan fingerprint density at radius 2 is 2.42 bits per heavy atom. The maximum absolute atomic E-state index is 8.81. The van der Waals surface area contributed by atoms with Crippen molar-refractivity contribution < 1.29 is 9.84 Å². The first-order chi connectivity index (χ1) is 5.72. The molecule has 0 spiro atoms. The van der Waals surface area contributed by atoms with Crippen molar-refractivity contribution in [2.45, 2.75) is 32.8 Å². The average molecular weight is 170 g/mol. The van der Waals surface area contributed by atoms with Crippen molar-refractivity contribution in [3.8, 4) is 0 Å². The molecule has 0 radical (unpaired) electrons. The molecule has 0 aromatic heterocycles. The molecule has 1 aliphatic heterocycles. The summed E-state index contributed by atoms with van der Waals surface area (Å²) in [5.41, 5.74) is 1.01. The summed E-state index contributed by atoms with van der Waals surface area (Å²) in [7, 11) is 0. The summed E-state index contributed by atoms with van der Waals surface area (Å²) >= 11 is 0. The van der Waals surface area contributed by atoms with Gasteiger partial charge in [0.25, 0.3) is 0 Å². The van der Waals surface area contributed by atoms with Crippen molar-refractivity contribution in [2.24, 2.45) is 5.92 Å². The monoisotopic (exact) mass is 170 g/mol. The Morgan fingerprint density at radius 3 is 3.00 bits per heavy atom. The third-order valence-electron chi connectivity index (χ3n) is 2.30. The first-order valence-electron chi connectivity index (χ1n) is 4.62. The van der Waals surface area contributed by atoms with Crippen molar-refractivity contribution in [3.05, 3.63) is 11.6 Å². The van der Waals surface area contributed by atoms with E-state index >= 15 is 0 Å². The minimum Gasteiger partial charge on any atom is -0.392 e. The van der Waals surface area contributed by atoms with Crippen molar-refractivity contribution >= 4 is 0 Å². The first kappa shape index (κ1) is 9.75. The third kappa shape index (κ3) is 2.95. The van der Waals surface area contributed by atoms with Crippen molar-refractivity contribution in [1.82, 2.24) is 0 Å². The van der Waals surface area contributed by atoms with E-state index in [0.717, 1.165) is 24.5 Å². The van der Waals surface area contributed by atoms with Crippen LogP contribution in [0, 0.1) is 5.92 Å². The predicted molar refractivity (Wildman–Crippen MR) is 49.0 cm³/mol. The van der Waals surface area contributed by atoms with Crippen LogP contribution in [0.3, 0.4) is 0 Å². The van der Waals surface area contributed by atoms with E-state index in [2.05, 4.69) is 6.92 Å². The standard InChI is InChI=1S/C10H18O2/c1-8-3-4-12-10(5-8)6-9(2)7-11/h6,8,10-11H,3-5,7H2,1-2H3/b9-6+/t8-,10-/m1/s1. The van der Waals surface area contributed by atoms with Crippen molar-refractivity contribution in [1.29, 1.82) is 0 Å². The number of ether oxygens (including phenoxy) is 1. The Kier molecular flexibility index (Phi) is 3.76. The van der Waals surface area contributed by atoms with Gasteiger partial charge in [-0.05, 0) is 31.3 Å². The molecule has 2 heteroatoms. The van der Waals surface area contributed by atoms with Gasteiger partial charge in [-0.15, -0.1) is 0 Å². The van der Waals surface area contributed by atoms with Crippen molar-refractivity contribution in [2.75, 3.05) is 13.2 Å². The van der Waals surface area contributed by atoms with Crippen LogP contribution in [0.2, 0.25) is 0 Å². The second-order valence-corrected chi connectivity index (χ2v) is 3.71. The molecule has 0 aromatic carbocycles. The minimum absolute atomic E-state index is 0.147. The molecule has 1 rings (SSSR count). The summed E-state index contributed by atoms with van der Waals surface area (Å²) in [6.45, 7) is 5.19. The molecule has 70 valence electrons. The Bertz CT molecular complexity index is 163. The van der Waals surface area contributed by atoms with Crippen LogP contribution >= 0.6 is 0 Å². The van der Waals surface area contributed by atoms with E-state index in [1.165, 1.54) is 6.42 Å². The lowest BCUT2D eigenvalue weighted by Crippen LogP contribution is -2.22. The summed E-state index contributed by atoms with van der Waals surface area (Å²) in [6.07, 6.45) is 4.54. The molecule has 0 saturated carbocycles. The summed E-state index contributed by atoms with van der Waals surface area (Å²) < 4.78 is 5.53. The van der Waals surface area contributed by atoms with E-state index in [9.17, 15) is 0 Å². The minimum atomic E-state index is 0.147. The number of aliphatic hydroxyl groups excluding tert-OH is 1. The molecule has 1 N–H and O–H groups in total. The summed E-state index contributed by atoms with van der Waals surface area (Å²) in [4.78, 5) is 0. The van der Waals surface area contributed by atoms with Gasteiger partial charge in [0, 0.05) is 6.61 Å². The van der Waals surface area contributed by atoms with Gasteiger partial charge >= 0.3 is 0 Å². The lowest BCUT2D eigenvalue weighted by Gasteiger charge is -2.25. The lowest BCUT2D eigenvalue weighted by molar-refractivity contribution is 0.0232. The number of hydrogen-bond donors (Lipinski definition) is 1. The third-order valence-corrected chi connectivity index (χ3v) is 2.30. The highest BCUT2D eigenvalue weighted by Gasteiger charge is 2.17. The Balaban J connectivity index is 2.41. The zero-order valence-corrected chi connectivity index (χ0v) is 7.92.